The Labute approximate surface area is 188 Å². The van der Waals surface area contributed by atoms with Gasteiger partial charge in [0.2, 0.25) is 5.95 Å². The predicted molar refractivity (Wildman–Crippen MR) is 118 cm³/mol. The molecule has 0 aliphatic carbocycles. The maximum Gasteiger partial charge on any atom is 0.420 e. The topological polar surface area (TPSA) is 58.1 Å². The van der Waals surface area contributed by atoms with Crippen molar-refractivity contribution in [2.24, 2.45) is 0 Å². The van der Waals surface area contributed by atoms with Crippen molar-refractivity contribution < 1.29 is 17.4 Å². The van der Waals surface area contributed by atoms with Gasteiger partial charge in [0.25, 0.3) is 0 Å². The summed E-state index contributed by atoms with van der Waals surface area (Å²) in [5.41, 5.74) is 0.400. The summed E-state index contributed by atoms with van der Waals surface area (Å²) in [6.45, 7) is 1.86. The molecule has 2 aromatic heterocycles. The molecule has 31 heavy (non-hydrogen) atoms. The molecule has 5 nitrogen and oxygen atoms in total. The van der Waals surface area contributed by atoms with Crippen molar-refractivity contribution >= 4 is 45.4 Å². The molecule has 3 aromatic rings. The van der Waals surface area contributed by atoms with Gasteiger partial charge in [-0.05, 0) is 30.8 Å². The second-order valence-electron chi connectivity index (χ2n) is 7.34. The van der Waals surface area contributed by atoms with Gasteiger partial charge in [0.15, 0.2) is 0 Å². The number of nitrogens with one attached hydrogen (secondary N) is 1. The summed E-state index contributed by atoms with van der Waals surface area (Å²) in [7, 11) is 0.729. The average Bonchev–Trinajstić information content (AvgIpc) is 3.17. The van der Waals surface area contributed by atoms with E-state index in [4.69, 9.17) is 11.6 Å². The monoisotopic (exact) mass is 486 g/mol. The second kappa shape index (κ2) is 8.50. The molecule has 0 saturated carbocycles. The normalized spacial score (nSPS) is 16.2. The van der Waals surface area contributed by atoms with Gasteiger partial charge in [0.1, 0.15) is 5.56 Å². The Bertz CT molecular complexity index is 1150. The predicted octanol–water partition coefficient (Wildman–Crippen LogP) is 5.39. The van der Waals surface area contributed by atoms with E-state index in [0.29, 0.717) is 21.5 Å². The van der Waals surface area contributed by atoms with E-state index < -0.39 is 22.5 Å². The third kappa shape index (κ3) is 4.77. The zero-order chi connectivity index (χ0) is 22.3. The molecular weight excluding hydrogens is 469 g/mol. The van der Waals surface area contributed by atoms with E-state index >= 15 is 0 Å². The third-order valence-corrected chi connectivity index (χ3v) is 7.32. The molecule has 4 rings (SSSR count). The Morgan fingerprint density at radius 1 is 1.29 bits per heavy atom. The standard InChI is InChI=1S/C20H18ClF3N4OS2/c1-28-8-12(9-28)11-3-4-15(21)16(5-11)26-19-25-7-14(20(22,23)24)18(27-19)17-6-13(10-30-17)31(2)29/h3-7,10,12H,8-9H2,1-2H3,(H,25,26,27). The van der Waals surface area contributed by atoms with E-state index in [1.54, 1.807) is 11.4 Å². The van der Waals surface area contributed by atoms with E-state index in [1.807, 2.05) is 19.2 Å². The van der Waals surface area contributed by atoms with Crippen LogP contribution in [0.2, 0.25) is 5.02 Å². The zero-order valence-electron chi connectivity index (χ0n) is 16.5. The highest BCUT2D eigenvalue weighted by Gasteiger charge is 2.36. The van der Waals surface area contributed by atoms with Crippen LogP contribution in [0.3, 0.4) is 0 Å². The van der Waals surface area contributed by atoms with Crippen LogP contribution in [0.5, 0.6) is 0 Å². The maximum absolute atomic E-state index is 13.6. The van der Waals surface area contributed by atoms with Gasteiger partial charge in [-0.15, -0.1) is 11.3 Å². The lowest BCUT2D eigenvalue weighted by Crippen LogP contribution is -2.41. The first kappa shape index (κ1) is 22.2. The van der Waals surface area contributed by atoms with Gasteiger partial charge in [0, 0.05) is 41.7 Å². The smallest absolute Gasteiger partial charge is 0.323 e. The molecule has 1 aliphatic heterocycles. The summed E-state index contributed by atoms with van der Waals surface area (Å²) in [6, 6.07) is 7.04. The van der Waals surface area contributed by atoms with Crippen molar-refractivity contribution in [3.63, 3.8) is 0 Å². The van der Waals surface area contributed by atoms with Gasteiger partial charge in [-0.25, -0.2) is 9.97 Å². The molecule has 0 bridgehead atoms. The first-order chi connectivity index (χ1) is 14.6. The molecule has 1 saturated heterocycles. The fourth-order valence-electron chi connectivity index (χ4n) is 3.35. The molecule has 0 spiro atoms. The lowest BCUT2D eigenvalue weighted by Gasteiger charge is -2.36. The fourth-order valence-corrected chi connectivity index (χ4v) is 5.34. The summed E-state index contributed by atoms with van der Waals surface area (Å²) in [5.74, 6) is 0.381. The number of likely N-dealkylation sites (N-methyl/N-ethyl adjacent to an activating group) is 1. The van der Waals surface area contributed by atoms with Gasteiger partial charge in [0.05, 0.1) is 32.1 Å². The van der Waals surface area contributed by atoms with Crippen LogP contribution in [-0.2, 0) is 17.0 Å². The summed E-state index contributed by atoms with van der Waals surface area (Å²) >= 11 is 7.35. The summed E-state index contributed by atoms with van der Waals surface area (Å²) in [4.78, 5) is 10.9. The van der Waals surface area contributed by atoms with E-state index in [9.17, 15) is 17.4 Å². The van der Waals surface area contributed by atoms with Gasteiger partial charge in [-0.3, -0.25) is 4.21 Å². The zero-order valence-corrected chi connectivity index (χ0v) is 18.9. The summed E-state index contributed by atoms with van der Waals surface area (Å²) in [5, 5.41) is 4.94. The van der Waals surface area contributed by atoms with Gasteiger partial charge in [-0.1, -0.05) is 17.7 Å². The number of rotatable bonds is 5. The molecular formula is C20H18ClF3N4OS2. The Balaban J connectivity index is 1.70. The Kier molecular flexibility index (Phi) is 6.08. The molecule has 3 heterocycles. The van der Waals surface area contributed by atoms with Crippen molar-refractivity contribution in [2.75, 3.05) is 31.7 Å². The largest absolute Gasteiger partial charge is 0.420 e. The van der Waals surface area contributed by atoms with Gasteiger partial charge in [-0.2, -0.15) is 13.2 Å². The minimum Gasteiger partial charge on any atom is -0.323 e. The molecule has 1 aromatic carbocycles. The molecule has 164 valence electrons. The summed E-state index contributed by atoms with van der Waals surface area (Å²) in [6.07, 6.45) is -2.40. The van der Waals surface area contributed by atoms with Crippen molar-refractivity contribution in [3.8, 4) is 10.6 Å². The minimum atomic E-state index is -4.63. The van der Waals surface area contributed by atoms with Crippen LogP contribution < -0.4 is 5.32 Å². The first-order valence-electron chi connectivity index (χ1n) is 9.23. The number of nitrogens with zero attached hydrogens (tertiary/aromatic N) is 3. The van der Waals surface area contributed by atoms with Crippen LogP contribution >= 0.6 is 22.9 Å². The number of benzene rings is 1. The maximum atomic E-state index is 13.6. The van der Waals surface area contributed by atoms with Crippen molar-refractivity contribution in [3.05, 3.63) is 52.0 Å². The Hall–Kier alpha value is -2.01. The average molecular weight is 487 g/mol. The molecule has 1 atom stereocenters. The van der Waals surface area contributed by atoms with Crippen LogP contribution in [0.4, 0.5) is 24.8 Å². The quantitative estimate of drug-likeness (QED) is 0.524. The van der Waals surface area contributed by atoms with E-state index in [2.05, 4.69) is 20.2 Å². The van der Waals surface area contributed by atoms with Crippen LogP contribution in [0, 0.1) is 0 Å². The molecule has 1 aliphatic rings. The lowest BCUT2D eigenvalue weighted by molar-refractivity contribution is -0.137. The van der Waals surface area contributed by atoms with Gasteiger partial charge >= 0.3 is 6.18 Å². The van der Waals surface area contributed by atoms with Gasteiger partial charge < -0.3 is 10.2 Å². The molecule has 1 unspecified atom stereocenters. The molecule has 1 N–H and O–H groups in total. The Morgan fingerprint density at radius 3 is 2.65 bits per heavy atom. The SMILES string of the molecule is CN1CC(c2ccc(Cl)c(Nc3ncc(C(F)(F)F)c(-c4cc(S(C)=O)cs4)n3)c2)C1. The number of anilines is 2. The number of halogens is 4. The highest BCUT2D eigenvalue weighted by Crippen LogP contribution is 2.39. The minimum absolute atomic E-state index is 0.000323. The fraction of sp³-hybridized carbons (Fsp3) is 0.300. The van der Waals surface area contributed by atoms with E-state index in [1.165, 1.54) is 12.3 Å². The third-order valence-electron chi connectivity index (χ3n) is 5.01. The lowest BCUT2D eigenvalue weighted by atomic mass is 9.92. The number of alkyl halides is 3. The highest BCUT2D eigenvalue weighted by molar-refractivity contribution is 7.84. The van der Waals surface area contributed by atoms with Crippen molar-refractivity contribution in [1.82, 2.24) is 14.9 Å². The Morgan fingerprint density at radius 2 is 2.03 bits per heavy atom. The van der Waals surface area contributed by atoms with Crippen molar-refractivity contribution in [2.45, 2.75) is 17.0 Å². The van der Waals surface area contributed by atoms with Crippen LogP contribution in [0.15, 0.2) is 40.7 Å². The van der Waals surface area contributed by atoms with Crippen LogP contribution in [0.1, 0.15) is 17.0 Å². The molecule has 1 fully saturated rings. The molecule has 0 amide bonds. The number of hydrogen-bond donors (Lipinski definition) is 1. The second-order valence-corrected chi connectivity index (χ2v) is 10.0. The van der Waals surface area contributed by atoms with Crippen molar-refractivity contribution in [1.29, 1.82) is 0 Å². The number of likely N-dealkylation sites (tertiary alicyclic amines) is 1. The van der Waals surface area contributed by atoms with Crippen LogP contribution in [0.25, 0.3) is 10.6 Å². The van der Waals surface area contributed by atoms with E-state index in [-0.39, 0.29) is 16.5 Å². The van der Waals surface area contributed by atoms with Crippen LogP contribution in [-0.4, -0.2) is 45.5 Å². The summed E-state index contributed by atoms with van der Waals surface area (Å²) < 4.78 is 52.4. The number of aromatic nitrogens is 2. The number of thiophene rings is 1. The highest BCUT2D eigenvalue weighted by atomic mass is 35.5. The van der Waals surface area contributed by atoms with E-state index in [0.717, 1.165) is 36.2 Å². The first-order valence-corrected chi connectivity index (χ1v) is 12.0. The number of hydrogen-bond acceptors (Lipinski definition) is 6. The molecule has 11 heteroatoms. The molecule has 0 radical (unpaired) electrons.